The summed E-state index contributed by atoms with van der Waals surface area (Å²) in [5.74, 6) is 9.77. The van der Waals surface area contributed by atoms with Crippen LogP contribution in [0.15, 0.2) is 17.2 Å². The number of carbonyl (C=O) groups is 1. The number of amides is 2. The number of nitrogens with zero attached hydrogens (tertiary/aromatic N) is 2. The van der Waals surface area contributed by atoms with E-state index in [0.29, 0.717) is 10.0 Å². The standard InChI is InChI=1S/C6H9N5O2S/c7-10-6(13)11(8)3-1-2-4(14)9-5(3)12/h1-2H,7-8H2,(H,10,13)(H2,9,12,14). The summed E-state index contributed by atoms with van der Waals surface area (Å²) < 4.78 is 0. The van der Waals surface area contributed by atoms with E-state index in [1.807, 2.05) is 5.43 Å². The van der Waals surface area contributed by atoms with Crippen LogP contribution in [0.4, 0.5) is 10.5 Å². The van der Waals surface area contributed by atoms with Crippen LogP contribution in [0, 0.1) is 0 Å². The Labute approximate surface area is 85.1 Å². The molecular weight excluding hydrogens is 206 g/mol. The van der Waals surface area contributed by atoms with E-state index >= 15 is 0 Å². The number of carbonyl (C=O) groups excluding carboxylic acids is 1. The molecule has 2 amide bonds. The number of aromatic hydroxyl groups is 1. The van der Waals surface area contributed by atoms with Gasteiger partial charge in [0.1, 0.15) is 5.69 Å². The topological polar surface area (TPSA) is 118 Å². The molecule has 0 atom stereocenters. The van der Waals surface area contributed by atoms with Crippen LogP contribution < -0.4 is 22.1 Å². The van der Waals surface area contributed by atoms with Crippen LogP contribution in [0.2, 0.25) is 0 Å². The molecule has 0 unspecified atom stereocenters. The summed E-state index contributed by atoms with van der Waals surface area (Å²) in [6.07, 6.45) is 0. The van der Waals surface area contributed by atoms with E-state index in [2.05, 4.69) is 17.6 Å². The summed E-state index contributed by atoms with van der Waals surface area (Å²) >= 11 is 3.89. The molecule has 0 saturated heterocycles. The third-order valence-corrected chi connectivity index (χ3v) is 1.69. The van der Waals surface area contributed by atoms with E-state index < -0.39 is 11.9 Å². The van der Waals surface area contributed by atoms with Gasteiger partial charge in [-0.25, -0.2) is 26.5 Å². The monoisotopic (exact) mass is 215 g/mol. The molecule has 0 aliphatic carbocycles. The van der Waals surface area contributed by atoms with E-state index in [0.717, 1.165) is 0 Å². The second kappa shape index (κ2) is 4.13. The largest absolute Gasteiger partial charge is 0.492 e. The molecule has 0 spiro atoms. The van der Waals surface area contributed by atoms with Gasteiger partial charge in [0.2, 0.25) is 5.88 Å². The fourth-order valence-electron chi connectivity index (χ4n) is 0.798. The number of anilines is 1. The number of urea groups is 1. The van der Waals surface area contributed by atoms with E-state index in [1.54, 1.807) is 0 Å². The summed E-state index contributed by atoms with van der Waals surface area (Å²) in [7, 11) is 0. The van der Waals surface area contributed by atoms with Gasteiger partial charge in [0.15, 0.2) is 0 Å². The number of hydrogen-bond donors (Lipinski definition) is 5. The Hall–Kier alpha value is -1.51. The maximum Gasteiger partial charge on any atom is 0.350 e. The molecule has 0 radical (unpaired) electrons. The molecule has 1 aromatic rings. The Balaban J connectivity index is 3.01. The van der Waals surface area contributed by atoms with Crippen LogP contribution in [0.5, 0.6) is 5.88 Å². The highest BCUT2D eigenvalue weighted by molar-refractivity contribution is 7.80. The first-order valence-electron chi connectivity index (χ1n) is 3.50. The maximum absolute atomic E-state index is 11.0. The lowest BCUT2D eigenvalue weighted by atomic mass is 10.4. The van der Waals surface area contributed by atoms with Crippen molar-refractivity contribution < 1.29 is 9.90 Å². The quantitative estimate of drug-likeness (QED) is 0.184. The van der Waals surface area contributed by atoms with Crippen molar-refractivity contribution in [2.45, 2.75) is 5.03 Å². The number of nitrogens with one attached hydrogen (secondary N) is 1. The zero-order valence-corrected chi connectivity index (χ0v) is 7.90. The molecule has 6 N–H and O–H groups in total. The van der Waals surface area contributed by atoms with Gasteiger partial charge in [-0.1, -0.05) is 0 Å². The molecule has 0 saturated carbocycles. The Kier molecular flexibility index (Phi) is 3.12. The number of hydrazine groups is 2. The van der Waals surface area contributed by atoms with Gasteiger partial charge in [0.05, 0.1) is 5.03 Å². The summed E-state index contributed by atoms with van der Waals surface area (Å²) in [6.45, 7) is 0. The Bertz CT molecular complexity index is 358. The Morgan fingerprint density at radius 2 is 2.29 bits per heavy atom. The van der Waals surface area contributed by atoms with Crippen LogP contribution in [0.25, 0.3) is 0 Å². The molecule has 8 heteroatoms. The van der Waals surface area contributed by atoms with Crippen molar-refractivity contribution >= 4 is 24.3 Å². The minimum Gasteiger partial charge on any atom is -0.492 e. The van der Waals surface area contributed by atoms with Crippen LogP contribution >= 0.6 is 12.6 Å². The van der Waals surface area contributed by atoms with Gasteiger partial charge < -0.3 is 5.11 Å². The van der Waals surface area contributed by atoms with E-state index in [4.69, 9.17) is 11.7 Å². The smallest absolute Gasteiger partial charge is 0.350 e. The van der Waals surface area contributed by atoms with E-state index in [-0.39, 0.29) is 5.69 Å². The van der Waals surface area contributed by atoms with Crippen molar-refractivity contribution in [1.29, 1.82) is 0 Å². The first-order valence-corrected chi connectivity index (χ1v) is 3.95. The van der Waals surface area contributed by atoms with E-state index in [1.165, 1.54) is 12.1 Å². The van der Waals surface area contributed by atoms with Crippen molar-refractivity contribution in [3.63, 3.8) is 0 Å². The number of hydrogen-bond acceptors (Lipinski definition) is 6. The molecule has 14 heavy (non-hydrogen) atoms. The highest BCUT2D eigenvalue weighted by atomic mass is 32.1. The van der Waals surface area contributed by atoms with Crippen molar-refractivity contribution in [2.24, 2.45) is 11.7 Å². The lowest BCUT2D eigenvalue weighted by molar-refractivity contribution is 0.246. The molecule has 0 aliphatic heterocycles. The molecule has 0 aliphatic rings. The molecule has 0 aromatic carbocycles. The molecule has 7 nitrogen and oxygen atoms in total. The molecular formula is C6H9N5O2S. The van der Waals surface area contributed by atoms with Gasteiger partial charge in [-0.3, -0.25) is 5.43 Å². The predicted octanol–water partition coefficient (Wildman–Crippen LogP) is -0.661. The number of aromatic nitrogens is 1. The zero-order valence-electron chi connectivity index (χ0n) is 7.01. The molecule has 76 valence electrons. The summed E-state index contributed by atoms with van der Waals surface area (Å²) in [4.78, 5) is 14.5. The summed E-state index contributed by atoms with van der Waals surface area (Å²) in [6, 6.07) is 2.09. The SMILES string of the molecule is NNC(=O)N(N)c1ccc(S)nc1O. The van der Waals surface area contributed by atoms with Crippen molar-refractivity contribution in [2.75, 3.05) is 5.01 Å². The third kappa shape index (κ3) is 2.05. The number of nitrogens with two attached hydrogens (primary N) is 2. The highest BCUT2D eigenvalue weighted by Gasteiger charge is 2.14. The van der Waals surface area contributed by atoms with Gasteiger partial charge in [-0.15, -0.1) is 12.6 Å². The minimum absolute atomic E-state index is 0.0331. The fourth-order valence-corrected chi connectivity index (χ4v) is 0.967. The fraction of sp³-hybridized carbons (Fsp3) is 0. The van der Waals surface area contributed by atoms with E-state index in [9.17, 15) is 9.90 Å². The maximum atomic E-state index is 11.0. The lowest BCUT2D eigenvalue weighted by Gasteiger charge is -2.15. The number of rotatable bonds is 1. The minimum atomic E-state index is -0.769. The molecule has 1 rings (SSSR count). The molecule has 0 bridgehead atoms. The third-order valence-electron chi connectivity index (χ3n) is 1.44. The normalized spacial score (nSPS) is 9.64. The van der Waals surface area contributed by atoms with Crippen LogP contribution in [-0.2, 0) is 0 Å². The second-order valence-corrected chi connectivity index (χ2v) is 2.79. The summed E-state index contributed by atoms with van der Waals surface area (Å²) in [5.41, 5.74) is 1.84. The lowest BCUT2D eigenvalue weighted by Crippen LogP contribution is -2.47. The Morgan fingerprint density at radius 1 is 1.64 bits per heavy atom. The first kappa shape index (κ1) is 10.6. The first-order chi connectivity index (χ1) is 6.56. The van der Waals surface area contributed by atoms with Gasteiger partial charge in [-0.05, 0) is 12.1 Å². The molecule has 1 heterocycles. The van der Waals surface area contributed by atoms with Crippen LogP contribution in [0.3, 0.4) is 0 Å². The average Bonchev–Trinajstić information content (AvgIpc) is 2.15. The number of pyridine rings is 1. The van der Waals surface area contributed by atoms with Crippen LogP contribution in [-0.4, -0.2) is 16.1 Å². The van der Waals surface area contributed by atoms with Crippen molar-refractivity contribution in [3.05, 3.63) is 12.1 Å². The van der Waals surface area contributed by atoms with Crippen molar-refractivity contribution in [3.8, 4) is 5.88 Å². The predicted molar refractivity (Wildman–Crippen MR) is 52.5 cm³/mol. The van der Waals surface area contributed by atoms with Crippen LogP contribution in [0.1, 0.15) is 0 Å². The average molecular weight is 215 g/mol. The molecule has 0 fully saturated rings. The van der Waals surface area contributed by atoms with Gasteiger partial charge in [-0.2, -0.15) is 0 Å². The van der Waals surface area contributed by atoms with Gasteiger partial charge >= 0.3 is 6.03 Å². The van der Waals surface area contributed by atoms with Gasteiger partial charge in [0.25, 0.3) is 0 Å². The summed E-state index contributed by atoms with van der Waals surface area (Å²) in [5, 5.41) is 10.3. The van der Waals surface area contributed by atoms with Crippen molar-refractivity contribution in [1.82, 2.24) is 10.4 Å². The van der Waals surface area contributed by atoms with Gasteiger partial charge in [0, 0.05) is 0 Å². The second-order valence-electron chi connectivity index (χ2n) is 2.33. The number of thiol groups is 1. The Morgan fingerprint density at radius 3 is 2.79 bits per heavy atom. The highest BCUT2D eigenvalue weighted by Crippen LogP contribution is 2.23. The zero-order chi connectivity index (χ0) is 10.7. The molecule has 1 aromatic heterocycles.